The zero-order chi connectivity index (χ0) is 22.9. The first-order chi connectivity index (χ1) is 16.0. The minimum absolute atomic E-state index is 0.213. The van der Waals surface area contributed by atoms with E-state index in [0.29, 0.717) is 11.4 Å². The van der Waals surface area contributed by atoms with Crippen LogP contribution in [-0.4, -0.2) is 29.3 Å². The number of anilines is 1. The maximum atomic E-state index is 13.6. The highest BCUT2D eigenvalue weighted by atomic mass is 19.1. The van der Waals surface area contributed by atoms with Crippen LogP contribution in [0, 0.1) is 11.6 Å². The van der Waals surface area contributed by atoms with Crippen LogP contribution >= 0.6 is 0 Å². The van der Waals surface area contributed by atoms with Crippen molar-refractivity contribution in [3.8, 4) is 22.6 Å². The van der Waals surface area contributed by atoms with Crippen molar-refractivity contribution < 1.29 is 8.78 Å². The van der Waals surface area contributed by atoms with E-state index in [1.165, 1.54) is 12.1 Å². The number of rotatable bonds is 6. The van der Waals surface area contributed by atoms with E-state index in [4.69, 9.17) is 0 Å². The smallest absolute Gasteiger partial charge is 0.128 e. The zero-order valence-electron chi connectivity index (χ0n) is 18.1. The Morgan fingerprint density at radius 3 is 2.39 bits per heavy atom. The molecule has 0 aliphatic carbocycles. The Morgan fingerprint density at radius 1 is 0.909 bits per heavy atom. The van der Waals surface area contributed by atoms with Crippen LogP contribution in [0.15, 0.2) is 67.4 Å². The lowest BCUT2D eigenvalue weighted by Crippen LogP contribution is -2.09. The molecule has 0 fully saturated rings. The summed E-state index contributed by atoms with van der Waals surface area (Å²) in [6, 6.07) is 11.3. The Bertz CT molecular complexity index is 1420. The second-order valence-corrected chi connectivity index (χ2v) is 7.94. The molecular formula is C24H21F2N7. The predicted octanol–water partition coefficient (Wildman–Crippen LogP) is 5.29. The van der Waals surface area contributed by atoms with Gasteiger partial charge in [0.15, 0.2) is 0 Å². The Hall–Kier alpha value is -4.14. The fraction of sp³-hybridized carbons (Fsp3) is 0.167. The molecule has 0 saturated carbocycles. The molecule has 5 aromatic rings. The second kappa shape index (κ2) is 8.42. The first-order valence-electron chi connectivity index (χ1n) is 10.5. The largest absolute Gasteiger partial charge is 0.367 e. The molecule has 0 aliphatic heterocycles. The van der Waals surface area contributed by atoms with Gasteiger partial charge >= 0.3 is 0 Å². The van der Waals surface area contributed by atoms with Gasteiger partial charge in [0, 0.05) is 41.9 Å². The first-order valence-corrected chi connectivity index (χ1v) is 10.5. The number of aromatic nitrogens is 6. The molecule has 0 aliphatic rings. The summed E-state index contributed by atoms with van der Waals surface area (Å²) in [5.41, 5.74) is 4.98. The lowest BCUT2D eigenvalue weighted by atomic mass is 10.1. The van der Waals surface area contributed by atoms with Gasteiger partial charge in [0.25, 0.3) is 0 Å². The third kappa shape index (κ3) is 4.17. The van der Waals surface area contributed by atoms with Crippen LogP contribution in [0.25, 0.3) is 33.7 Å². The van der Waals surface area contributed by atoms with Crippen LogP contribution in [0.1, 0.15) is 19.9 Å². The number of hydrogen-bond donors (Lipinski definition) is 1. The zero-order valence-corrected chi connectivity index (χ0v) is 18.1. The van der Waals surface area contributed by atoms with Gasteiger partial charge in [-0.2, -0.15) is 5.10 Å². The fourth-order valence-electron chi connectivity index (χ4n) is 3.69. The second-order valence-electron chi connectivity index (χ2n) is 7.94. The van der Waals surface area contributed by atoms with Gasteiger partial charge in [0.05, 0.1) is 29.7 Å². The molecule has 166 valence electrons. The van der Waals surface area contributed by atoms with Crippen molar-refractivity contribution >= 4 is 16.7 Å². The van der Waals surface area contributed by atoms with Crippen LogP contribution < -0.4 is 5.32 Å². The Morgan fingerprint density at radius 2 is 1.67 bits per heavy atom. The summed E-state index contributed by atoms with van der Waals surface area (Å²) in [5, 5.41) is 7.74. The van der Waals surface area contributed by atoms with Gasteiger partial charge in [-0.1, -0.05) is 6.07 Å². The number of fused-ring (bicyclic) bond motifs is 1. The molecule has 0 bridgehead atoms. The highest BCUT2D eigenvalue weighted by Crippen LogP contribution is 2.32. The fourth-order valence-corrected chi connectivity index (χ4v) is 3.69. The van der Waals surface area contributed by atoms with E-state index in [0.717, 1.165) is 34.1 Å². The number of halogens is 2. The van der Waals surface area contributed by atoms with E-state index >= 15 is 0 Å². The molecule has 5 rings (SSSR count). The van der Waals surface area contributed by atoms with Crippen molar-refractivity contribution in [3.63, 3.8) is 0 Å². The van der Waals surface area contributed by atoms with E-state index < -0.39 is 11.6 Å². The van der Waals surface area contributed by atoms with Gasteiger partial charge in [0.2, 0.25) is 0 Å². The Labute approximate surface area is 188 Å². The molecule has 1 N–H and O–H groups in total. The molecule has 0 radical (unpaired) electrons. The number of benzene rings is 2. The summed E-state index contributed by atoms with van der Waals surface area (Å²) in [6.45, 7) is 4.36. The van der Waals surface area contributed by atoms with Crippen LogP contribution in [0.4, 0.5) is 14.5 Å². The molecule has 0 saturated heterocycles. The predicted molar refractivity (Wildman–Crippen MR) is 122 cm³/mol. The van der Waals surface area contributed by atoms with Crippen molar-refractivity contribution in [1.82, 2.24) is 29.3 Å². The average molecular weight is 445 g/mol. The van der Waals surface area contributed by atoms with Crippen molar-refractivity contribution in [2.24, 2.45) is 0 Å². The number of imidazole rings is 1. The van der Waals surface area contributed by atoms with Gasteiger partial charge in [-0.05, 0) is 44.2 Å². The van der Waals surface area contributed by atoms with E-state index in [9.17, 15) is 8.78 Å². The van der Waals surface area contributed by atoms with E-state index in [1.807, 2.05) is 39.7 Å². The molecule has 3 heterocycles. The van der Waals surface area contributed by atoms with E-state index in [2.05, 4.69) is 39.2 Å². The molecule has 2 aromatic carbocycles. The third-order valence-corrected chi connectivity index (χ3v) is 5.28. The van der Waals surface area contributed by atoms with E-state index in [1.54, 1.807) is 18.7 Å². The lowest BCUT2D eigenvalue weighted by Gasteiger charge is -2.13. The normalized spacial score (nSPS) is 11.4. The number of nitrogens with one attached hydrogen (secondary N) is 1. The van der Waals surface area contributed by atoms with Crippen molar-refractivity contribution in [2.45, 2.75) is 26.6 Å². The molecular weight excluding hydrogens is 424 g/mol. The van der Waals surface area contributed by atoms with Crippen LogP contribution in [0.3, 0.4) is 0 Å². The summed E-state index contributed by atoms with van der Waals surface area (Å²) in [4.78, 5) is 13.4. The van der Waals surface area contributed by atoms with Crippen molar-refractivity contribution in [2.75, 3.05) is 5.32 Å². The van der Waals surface area contributed by atoms with Gasteiger partial charge in [0.1, 0.15) is 23.0 Å². The molecule has 0 amide bonds. The highest BCUT2D eigenvalue weighted by Gasteiger charge is 2.18. The molecule has 0 atom stereocenters. The van der Waals surface area contributed by atoms with Gasteiger partial charge in [-0.25, -0.2) is 13.8 Å². The standard InChI is InChI=1S/C24H21F2N7/c1-15(2)33-8-5-21(31-33)23-24(16-3-4-20-22(9-16)28-7-6-27-20)32(14-30-23)13-29-19-11-17(25)10-18(26)12-19/h3-12,14-15,29H,13H2,1-2H3. The number of nitrogens with zero attached hydrogens (tertiary/aromatic N) is 6. The summed E-state index contributed by atoms with van der Waals surface area (Å²) in [5.74, 6) is -1.28. The Kier molecular flexibility index (Phi) is 5.29. The van der Waals surface area contributed by atoms with Crippen molar-refractivity contribution in [3.05, 3.63) is 79.0 Å². The number of hydrogen-bond acceptors (Lipinski definition) is 5. The Balaban J connectivity index is 1.58. The quantitative estimate of drug-likeness (QED) is 0.385. The molecule has 33 heavy (non-hydrogen) atoms. The summed E-state index contributed by atoms with van der Waals surface area (Å²) < 4.78 is 31.0. The van der Waals surface area contributed by atoms with Gasteiger partial charge < -0.3 is 9.88 Å². The van der Waals surface area contributed by atoms with Gasteiger partial charge in [-0.15, -0.1) is 0 Å². The molecule has 0 spiro atoms. The monoisotopic (exact) mass is 445 g/mol. The topological polar surface area (TPSA) is 73.5 Å². The van der Waals surface area contributed by atoms with Gasteiger partial charge in [-0.3, -0.25) is 14.6 Å². The third-order valence-electron chi connectivity index (χ3n) is 5.28. The van der Waals surface area contributed by atoms with Crippen LogP contribution in [-0.2, 0) is 6.67 Å². The molecule has 9 heteroatoms. The summed E-state index contributed by atoms with van der Waals surface area (Å²) >= 11 is 0. The van der Waals surface area contributed by atoms with Crippen LogP contribution in [0.5, 0.6) is 0 Å². The maximum Gasteiger partial charge on any atom is 0.128 e. The summed E-state index contributed by atoms with van der Waals surface area (Å²) in [6.07, 6.45) is 6.90. The summed E-state index contributed by atoms with van der Waals surface area (Å²) in [7, 11) is 0. The minimum Gasteiger partial charge on any atom is -0.367 e. The molecule has 0 unspecified atom stereocenters. The highest BCUT2D eigenvalue weighted by molar-refractivity contribution is 5.84. The first kappa shape index (κ1) is 20.7. The SMILES string of the molecule is CC(C)n1ccc(-c2ncn(CNc3cc(F)cc(F)c3)c2-c2ccc3nccnc3c2)n1. The molecule has 3 aromatic heterocycles. The van der Waals surface area contributed by atoms with Crippen LogP contribution in [0.2, 0.25) is 0 Å². The molecule has 7 nitrogen and oxygen atoms in total. The van der Waals surface area contributed by atoms with Crippen molar-refractivity contribution in [1.29, 1.82) is 0 Å². The lowest BCUT2D eigenvalue weighted by molar-refractivity contribution is 0.534. The van der Waals surface area contributed by atoms with E-state index in [-0.39, 0.29) is 12.7 Å². The maximum absolute atomic E-state index is 13.6. The minimum atomic E-state index is -0.642. The average Bonchev–Trinajstić information content (AvgIpc) is 3.44.